The minimum atomic E-state index is 0.0757. The van der Waals surface area contributed by atoms with E-state index >= 15 is 0 Å². The summed E-state index contributed by atoms with van der Waals surface area (Å²) < 4.78 is 1.12. The Morgan fingerprint density at radius 3 is 2.73 bits per heavy atom. The molecule has 0 bridgehead atoms. The van der Waals surface area contributed by atoms with Crippen molar-refractivity contribution in [3.05, 3.63) is 56.2 Å². The standard InChI is InChI=1S/C17H21BrN2OS/c1-13-5-3-4-6-14(13)9-10-19-17(21)12-20(2)11-15-7-8-16(18)22-15/h3-8H,9-12H2,1-2H3,(H,19,21). The van der Waals surface area contributed by atoms with E-state index in [0.717, 1.165) is 16.8 Å². The van der Waals surface area contributed by atoms with Gasteiger partial charge in [-0.15, -0.1) is 11.3 Å². The highest BCUT2D eigenvalue weighted by Gasteiger charge is 2.08. The Morgan fingerprint density at radius 2 is 2.05 bits per heavy atom. The second kappa shape index (κ2) is 8.46. The Bertz CT molecular complexity index is 627. The molecule has 0 spiro atoms. The number of nitrogens with zero attached hydrogens (tertiary/aromatic N) is 1. The molecular formula is C17H21BrN2OS. The lowest BCUT2D eigenvalue weighted by atomic mass is 10.1. The molecule has 2 aromatic rings. The van der Waals surface area contributed by atoms with Crippen LogP contribution in [-0.4, -0.2) is 30.9 Å². The van der Waals surface area contributed by atoms with Crippen LogP contribution < -0.4 is 5.32 Å². The highest BCUT2D eigenvalue weighted by atomic mass is 79.9. The maximum absolute atomic E-state index is 12.0. The molecule has 118 valence electrons. The van der Waals surface area contributed by atoms with Gasteiger partial charge in [0.25, 0.3) is 0 Å². The second-order valence-electron chi connectivity index (χ2n) is 5.40. The number of benzene rings is 1. The van der Waals surface area contributed by atoms with E-state index < -0.39 is 0 Å². The van der Waals surface area contributed by atoms with Gasteiger partial charge in [0.05, 0.1) is 10.3 Å². The van der Waals surface area contributed by atoms with Crippen molar-refractivity contribution in [3.63, 3.8) is 0 Å². The molecule has 3 nitrogen and oxygen atoms in total. The number of halogens is 1. The van der Waals surface area contributed by atoms with Crippen LogP contribution in [0, 0.1) is 6.92 Å². The fourth-order valence-corrected chi connectivity index (χ4v) is 3.85. The number of carbonyl (C=O) groups excluding carboxylic acids is 1. The molecule has 22 heavy (non-hydrogen) atoms. The number of amides is 1. The van der Waals surface area contributed by atoms with Gasteiger partial charge in [0.2, 0.25) is 5.91 Å². The highest BCUT2D eigenvalue weighted by molar-refractivity contribution is 9.11. The summed E-state index contributed by atoms with van der Waals surface area (Å²) in [6, 6.07) is 12.4. The van der Waals surface area contributed by atoms with Gasteiger partial charge in [0.15, 0.2) is 0 Å². The van der Waals surface area contributed by atoms with Crippen LogP contribution in [0.3, 0.4) is 0 Å². The van der Waals surface area contributed by atoms with Crippen molar-refractivity contribution in [1.29, 1.82) is 0 Å². The molecule has 1 aromatic heterocycles. The van der Waals surface area contributed by atoms with Crippen molar-refractivity contribution in [2.45, 2.75) is 19.9 Å². The number of rotatable bonds is 7. The molecule has 0 atom stereocenters. The van der Waals surface area contributed by atoms with Crippen LogP contribution in [0.25, 0.3) is 0 Å². The van der Waals surface area contributed by atoms with E-state index in [9.17, 15) is 4.79 Å². The fraction of sp³-hybridized carbons (Fsp3) is 0.353. The third kappa shape index (κ3) is 5.55. The van der Waals surface area contributed by atoms with E-state index in [0.29, 0.717) is 13.1 Å². The van der Waals surface area contributed by atoms with E-state index in [4.69, 9.17) is 0 Å². The lowest BCUT2D eigenvalue weighted by Gasteiger charge is -2.15. The third-order valence-electron chi connectivity index (χ3n) is 3.45. The first-order valence-corrected chi connectivity index (χ1v) is 8.89. The molecule has 0 saturated heterocycles. The zero-order valence-electron chi connectivity index (χ0n) is 12.9. The van der Waals surface area contributed by atoms with Gasteiger partial charge in [-0.3, -0.25) is 9.69 Å². The molecule has 0 aliphatic carbocycles. The summed E-state index contributed by atoms with van der Waals surface area (Å²) in [7, 11) is 1.97. The highest BCUT2D eigenvalue weighted by Crippen LogP contribution is 2.22. The summed E-state index contributed by atoms with van der Waals surface area (Å²) in [6.45, 7) is 4.00. The SMILES string of the molecule is Cc1ccccc1CCNC(=O)CN(C)Cc1ccc(Br)s1. The van der Waals surface area contributed by atoms with Crippen molar-refractivity contribution in [3.8, 4) is 0 Å². The summed E-state index contributed by atoms with van der Waals surface area (Å²) in [5.41, 5.74) is 2.57. The van der Waals surface area contributed by atoms with E-state index in [1.165, 1.54) is 16.0 Å². The van der Waals surface area contributed by atoms with Gasteiger partial charge in [0.1, 0.15) is 0 Å². The predicted octanol–water partition coefficient (Wildman–Crippen LogP) is 3.61. The van der Waals surface area contributed by atoms with E-state index in [-0.39, 0.29) is 5.91 Å². The van der Waals surface area contributed by atoms with Gasteiger partial charge in [-0.05, 0) is 59.6 Å². The quantitative estimate of drug-likeness (QED) is 0.795. The van der Waals surface area contributed by atoms with Gasteiger partial charge in [-0.2, -0.15) is 0 Å². The van der Waals surface area contributed by atoms with Crippen LogP contribution in [0.2, 0.25) is 0 Å². The van der Waals surface area contributed by atoms with Gasteiger partial charge >= 0.3 is 0 Å². The van der Waals surface area contributed by atoms with Crippen LogP contribution in [0.15, 0.2) is 40.2 Å². The largest absolute Gasteiger partial charge is 0.355 e. The number of thiophene rings is 1. The number of hydrogen-bond donors (Lipinski definition) is 1. The molecule has 1 heterocycles. The van der Waals surface area contributed by atoms with Crippen LogP contribution in [0.4, 0.5) is 0 Å². The number of hydrogen-bond acceptors (Lipinski definition) is 3. The lowest BCUT2D eigenvalue weighted by Crippen LogP contribution is -2.35. The summed E-state index contributed by atoms with van der Waals surface area (Å²) in [5.74, 6) is 0.0757. The summed E-state index contributed by atoms with van der Waals surface area (Å²) in [6.07, 6.45) is 0.875. The van der Waals surface area contributed by atoms with Crippen molar-refractivity contribution >= 4 is 33.2 Å². The zero-order valence-corrected chi connectivity index (χ0v) is 15.3. The Hall–Kier alpha value is -1.17. The van der Waals surface area contributed by atoms with E-state index in [2.05, 4.69) is 46.4 Å². The second-order valence-corrected chi connectivity index (χ2v) is 7.95. The lowest BCUT2D eigenvalue weighted by molar-refractivity contribution is -0.122. The van der Waals surface area contributed by atoms with Crippen LogP contribution >= 0.6 is 27.3 Å². The van der Waals surface area contributed by atoms with E-state index in [1.807, 2.05) is 30.1 Å². The van der Waals surface area contributed by atoms with Crippen molar-refractivity contribution < 1.29 is 4.79 Å². The fourth-order valence-electron chi connectivity index (χ4n) is 2.29. The third-order valence-corrected chi connectivity index (χ3v) is 5.05. The predicted molar refractivity (Wildman–Crippen MR) is 96.2 cm³/mol. The molecule has 5 heteroatoms. The van der Waals surface area contributed by atoms with Crippen molar-refractivity contribution in [1.82, 2.24) is 10.2 Å². The molecule has 1 N–H and O–H groups in total. The maximum Gasteiger partial charge on any atom is 0.234 e. The molecule has 0 aliphatic heterocycles. The molecule has 0 fully saturated rings. The summed E-state index contributed by atoms with van der Waals surface area (Å²) in [4.78, 5) is 15.2. The number of carbonyl (C=O) groups is 1. The molecule has 0 unspecified atom stereocenters. The first-order chi connectivity index (χ1) is 10.5. The van der Waals surface area contributed by atoms with Crippen molar-refractivity contribution in [2.75, 3.05) is 20.1 Å². The molecule has 2 rings (SSSR count). The molecule has 0 aliphatic rings. The number of aryl methyl sites for hydroxylation is 1. The Kier molecular flexibility index (Phi) is 6.61. The minimum Gasteiger partial charge on any atom is -0.355 e. The molecule has 1 amide bonds. The van der Waals surface area contributed by atoms with Crippen molar-refractivity contribution in [2.24, 2.45) is 0 Å². The average Bonchev–Trinajstić information content (AvgIpc) is 2.86. The minimum absolute atomic E-state index is 0.0757. The maximum atomic E-state index is 12.0. The summed E-state index contributed by atoms with van der Waals surface area (Å²) in [5, 5.41) is 2.99. The normalized spacial score (nSPS) is 10.9. The molecule has 0 saturated carbocycles. The Labute approximate surface area is 144 Å². The molecular weight excluding hydrogens is 360 g/mol. The van der Waals surface area contributed by atoms with Crippen LogP contribution in [0.5, 0.6) is 0 Å². The molecule has 0 radical (unpaired) electrons. The van der Waals surface area contributed by atoms with Gasteiger partial charge in [-0.25, -0.2) is 0 Å². The topological polar surface area (TPSA) is 32.3 Å². The van der Waals surface area contributed by atoms with Gasteiger partial charge in [0, 0.05) is 18.0 Å². The first kappa shape index (κ1) is 17.2. The monoisotopic (exact) mass is 380 g/mol. The Balaban J connectivity index is 1.70. The first-order valence-electron chi connectivity index (χ1n) is 7.28. The van der Waals surface area contributed by atoms with Crippen LogP contribution in [-0.2, 0) is 17.8 Å². The number of likely N-dealkylation sites (N-methyl/N-ethyl adjacent to an activating group) is 1. The smallest absolute Gasteiger partial charge is 0.234 e. The van der Waals surface area contributed by atoms with E-state index in [1.54, 1.807) is 11.3 Å². The number of nitrogens with one attached hydrogen (secondary N) is 1. The van der Waals surface area contributed by atoms with Gasteiger partial charge < -0.3 is 5.32 Å². The zero-order chi connectivity index (χ0) is 15.9. The summed E-state index contributed by atoms with van der Waals surface area (Å²) >= 11 is 5.16. The average molecular weight is 381 g/mol. The molecule has 1 aromatic carbocycles. The van der Waals surface area contributed by atoms with Gasteiger partial charge in [-0.1, -0.05) is 24.3 Å². The van der Waals surface area contributed by atoms with Crippen LogP contribution in [0.1, 0.15) is 16.0 Å². The Morgan fingerprint density at radius 1 is 1.27 bits per heavy atom.